The fourth-order valence-corrected chi connectivity index (χ4v) is 4.08. The van der Waals surface area contributed by atoms with Crippen LogP contribution in [0, 0.1) is 0 Å². The Kier molecular flexibility index (Phi) is 6.32. The van der Waals surface area contributed by atoms with Crippen LogP contribution in [0.15, 0.2) is 65.3 Å². The molecule has 2 N–H and O–H groups in total. The van der Waals surface area contributed by atoms with Crippen LogP contribution in [0.25, 0.3) is 0 Å². The first-order valence-corrected chi connectivity index (χ1v) is 10.9. The predicted molar refractivity (Wildman–Crippen MR) is 122 cm³/mol. The van der Waals surface area contributed by atoms with Crippen LogP contribution in [0.1, 0.15) is 38.4 Å². The molecule has 3 aromatic rings. The summed E-state index contributed by atoms with van der Waals surface area (Å²) < 4.78 is 6.85. The topological polar surface area (TPSA) is 80.3 Å². The summed E-state index contributed by atoms with van der Waals surface area (Å²) >= 11 is 3.41. The standard InChI is InChI=1S/C24H22BrN3O3/c1-26-24(30)22-14-21(9-10-27-22)31-20-8-6-15-5-7-19(12-17(15)13-20)28-23(29)16-3-2-4-18(25)11-16/h2-4,6,8-11,13-14,19H,5,7,12H2,1H3,(H,26,30)(H,28,29). The summed E-state index contributed by atoms with van der Waals surface area (Å²) in [6.45, 7) is 0. The number of aryl methyl sites for hydroxylation is 1. The molecule has 1 unspecified atom stereocenters. The molecular weight excluding hydrogens is 458 g/mol. The highest BCUT2D eigenvalue weighted by Crippen LogP contribution is 2.29. The van der Waals surface area contributed by atoms with Crippen LogP contribution in [0.4, 0.5) is 0 Å². The highest BCUT2D eigenvalue weighted by Gasteiger charge is 2.21. The lowest BCUT2D eigenvalue weighted by Gasteiger charge is -2.26. The lowest BCUT2D eigenvalue weighted by Crippen LogP contribution is -2.38. The van der Waals surface area contributed by atoms with Gasteiger partial charge in [-0.1, -0.05) is 28.1 Å². The van der Waals surface area contributed by atoms with Gasteiger partial charge in [0.1, 0.15) is 17.2 Å². The highest BCUT2D eigenvalue weighted by atomic mass is 79.9. The first kappa shape index (κ1) is 21.1. The summed E-state index contributed by atoms with van der Waals surface area (Å²) in [6.07, 6.45) is 4.08. The molecule has 31 heavy (non-hydrogen) atoms. The van der Waals surface area contributed by atoms with Crippen LogP contribution < -0.4 is 15.4 Å². The van der Waals surface area contributed by atoms with E-state index in [-0.39, 0.29) is 17.9 Å². The first-order valence-electron chi connectivity index (χ1n) is 10.1. The van der Waals surface area contributed by atoms with E-state index in [4.69, 9.17) is 4.74 Å². The Hall–Kier alpha value is -3.19. The van der Waals surface area contributed by atoms with Crippen molar-refractivity contribution in [1.29, 1.82) is 0 Å². The molecule has 7 heteroatoms. The van der Waals surface area contributed by atoms with Gasteiger partial charge in [0.2, 0.25) is 0 Å². The molecule has 0 radical (unpaired) electrons. The summed E-state index contributed by atoms with van der Waals surface area (Å²) in [5.74, 6) is 0.899. The van der Waals surface area contributed by atoms with Crippen LogP contribution >= 0.6 is 15.9 Å². The Balaban J connectivity index is 1.45. The smallest absolute Gasteiger partial charge is 0.269 e. The zero-order valence-corrected chi connectivity index (χ0v) is 18.6. The summed E-state index contributed by atoms with van der Waals surface area (Å²) in [7, 11) is 1.56. The highest BCUT2D eigenvalue weighted by molar-refractivity contribution is 9.10. The van der Waals surface area contributed by atoms with E-state index in [9.17, 15) is 9.59 Å². The van der Waals surface area contributed by atoms with Gasteiger partial charge < -0.3 is 15.4 Å². The number of hydrogen-bond acceptors (Lipinski definition) is 4. The van der Waals surface area contributed by atoms with Crippen molar-refractivity contribution in [1.82, 2.24) is 15.6 Å². The summed E-state index contributed by atoms with van der Waals surface area (Å²) in [6, 6.07) is 16.8. The van der Waals surface area contributed by atoms with E-state index < -0.39 is 0 Å². The van der Waals surface area contributed by atoms with E-state index in [1.807, 2.05) is 36.4 Å². The van der Waals surface area contributed by atoms with Crippen molar-refractivity contribution >= 4 is 27.7 Å². The molecular formula is C24H22BrN3O3. The molecule has 1 aliphatic rings. The van der Waals surface area contributed by atoms with E-state index in [1.54, 1.807) is 25.4 Å². The van der Waals surface area contributed by atoms with Gasteiger partial charge in [-0.3, -0.25) is 14.6 Å². The van der Waals surface area contributed by atoms with Gasteiger partial charge in [-0.15, -0.1) is 0 Å². The van der Waals surface area contributed by atoms with Crippen molar-refractivity contribution in [2.24, 2.45) is 0 Å². The Labute approximate surface area is 189 Å². The van der Waals surface area contributed by atoms with Crippen molar-refractivity contribution in [2.45, 2.75) is 25.3 Å². The lowest BCUT2D eigenvalue weighted by molar-refractivity contribution is 0.0931. The monoisotopic (exact) mass is 479 g/mol. The molecule has 0 fully saturated rings. The molecule has 1 atom stereocenters. The number of nitrogens with zero attached hydrogens (tertiary/aromatic N) is 1. The van der Waals surface area contributed by atoms with E-state index in [0.717, 1.165) is 29.3 Å². The van der Waals surface area contributed by atoms with E-state index in [1.165, 1.54) is 5.56 Å². The van der Waals surface area contributed by atoms with Crippen LogP contribution in [0.3, 0.4) is 0 Å². The van der Waals surface area contributed by atoms with Gasteiger partial charge in [-0.05, 0) is 66.8 Å². The van der Waals surface area contributed by atoms with Crippen molar-refractivity contribution in [3.05, 3.63) is 87.7 Å². The third-order valence-corrected chi connectivity index (χ3v) is 5.75. The number of pyridine rings is 1. The molecule has 0 saturated carbocycles. The second-order valence-electron chi connectivity index (χ2n) is 7.41. The fraction of sp³-hybridized carbons (Fsp3) is 0.208. The van der Waals surface area contributed by atoms with Crippen LogP contribution in [-0.4, -0.2) is 29.9 Å². The minimum Gasteiger partial charge on any atom is -0.457 e. The summed E-state index contributed by atoms with van der Waals surface area (Å²) in [5.41, 5.74) is 3.36. The Morgan fingerprint density at radius 2 is 1.87 bits per heavy atom. The summed E-state index contributed by atoms with van der Waals surface area (Å²) in [5, 5.41) is 5.70. The molecule has 158 valence electrons. The SMILES string of the molecule is CNC(=O)c1cc(Oc2ccc3c(c2)CC(NC(=O)c2cccc(Br)c2)CC3)ccn1. The Morgan fingerprint density at radius 3 is 2.68 bits per heavy atom. The number of carbonyl (C=O) groups excluding carboxylic acids is 2. The normalized spacial score (nSPS) is 15.0. The number of benzene rings is 2. The first-order chi connectivity index (χ1) is 15.0. The van der Waals surface area contributed by atoms with Gasteiger partial charge in [0.25, 0.3) is 11.8 Å². The number of amides is 2. The molecule has 1 heterocycles. The molecule has 0 aliphatic heterocycles. The van der Waals surface area contributed by atoms with Crippen LogP contribution in [0.2, 0.25) is 0 Å². The van der Waals surface area contributed by atoms with Gasteiger partial charge in [-0.25, -0.2) is 0 Å². The number of rotatable bonds is 5. The zero-order chi connectivity index (χ0) is 21.8. The average molecular weight is 480 g/mol. The molecule has 2 aromatic carbocycles. The number of hydrogen-bond donors (Lipinski definition) is 2. The van der Waals surface area contributed by atoms with Crippen molar-refractivity contribution in [3.8, 4) is 11.5 Å². The lowest BCUT2D eigenvalue weighted by atomic mass is 9.88. The molecule has 1 aromatic heterocycles. The molecule has 0 saturated heterocycles. The van der Waals surface area contributed by atoms with Gasteiger partial charge >= 0.3 is 0 Å². The van der Waals surface area contributed by atoms with E-state index >= 15 is 0 Å². The Morgan fingerprint density at radius 1 is 1.03 bits per heavy atom. The van der Waals surface area contributed by atoms with Crippen molar-refractivity contribution in [2.75, 3.05) is 7.05 Å². The second kappa shape index (κ2) is 9.31. The quantitative estimate of drug-likeness (QED) is 0.572. The molecule has 0 bridgehead atoms. The average Bonchev–Trinajstić information content (AvgIpc) is 2.78. The third kappa shape index (κ3) is 5.11. The number of nitrogens with one attached hydrogen (secondary N) is 2. The van der Waals surface area contributed by atoms with E-state index in [2.05, 4.69) is 37.6 Å². The van der Waals surface area contributed by atoms with E-state index in [0.29, 0.717) is 22.8 Å². The number of ether oxygens (including phenoxy) is 1. The number of aromatic nitrogens is 1. The van der Waals surface area contributed by atoms with Gasteiger partial charge in [0.15, 0.2) is 0 Å². The molecule has 0 spiro atoms. The maximum atomic E-state index is 12.6. The zero-order valence-electron chi connectivity index (χ0n) is 17.0. The maximum absolute atomic E-state index is 12.6. The Bertz CT molecular complexity index is 1130. The fourth-order valence-electron chi connectivity index (χ4n) is 3.68. The number of halogens is 1. The van der Waals surface area contributed by atoms with Crippen molar-refractivity contribution in [3.63, 3.8) is 0 Å². The third-order valence-electron chi connectivity index (χ3n) is 5.26. The van der Waals surface area contributed by atoms with Crippen LogP contribution in [0.5, 0.6) is 11.5 Å². The minimum atomic E-state index is -0.264. The molecule has 4 rings (SSSR count). The van der Waals surface area contributed by atoms with Crippen LogP contribution in [-0.2, 0) is 12.8 Å². The second-order valence-corrected chi connectivity index (χ2v) is 8.33. The predicted octanol–water partition coefficient (Wildman–Crippen LogP) is 4.28. The molecule has 6 nitrogen and oxygen atoms in total. The minimum absolute atomic E-state index is 0.0648. The maximum Gasteiger partial charge on any atom is 0.269 e. The summed E-state index contributed by atoms with van der Waals surface area (Å²) in [4.78, 5) is 28.4. The number of carbonyl (C=O) groups is 2. The molecule has 2 amide bonds. The largest absolute Gasteiger partial charge is 0.457 e. The van der Waals surface area contributed by atoms with Gasteiger partial charge in [0, 0.05) is 35.4 Å². The van der Waals surface area contributed by atoms with Gasteiger partial charge in [0.05, 0.1) is 0 Å². The number of fused-ring (bicyclic) bond motifs is 1. The van der Waals surface area contributed by atoms with Gasteiger partial charge in [-0.2, -0.15) is 0 Å². The molecule has 1 aliphatic carbocycles. The van der Waals surface area contributed by atoms with Crippen molar-refractivity contribution < 1.29 is 14.3 Å².